The van der Waals surface area contributed by atoms with E-state index in [9.17, 15) is 0 Å². The summed E-state index contributed by atoms with van der Waals surface area (Å²) in [5.41, 5.74) is 0.379. The molecule has 0 radical (unpaired) electrons. The molecule has 2 heteroatoms. The number of piperazine rings is 1. The molecule has 0 aromatic rings. The van der Waals surface area contributed by atoms with Crippen LogP contribution in [-0.2, 0) is 0 Å². The van der Waals surface area contributed by atoms with Gasteiger partial charge in [0, 0.05) is 30.7 Å². The molecule has 2 rings (SSSR count). The molecule has 2 fully saturated rings. The molecule has 2 aliphatic rings. The Kier molecular flexibility index (Phi) is 4.14. The van der Waals surface area contributed by atoms with Crippen LogP contribution in [0.1, 0.15) is 59.8 Å². The van der Waals surface area contributed by atoms with E-state index < -0.39 is 0 Å². The molecule has 2 aliphatic heterocycles. The molecule has 0 aliphatic carbocycles. The predicted molar refractivity (Wildman–Crippen MR) is 74.4 cm³/mol. The minimum absolute atomic E-state index is 0.379. The van der Waals surface area contributed by atoms with E-state index in [0.717, 1.165) is 12.1 Å². The number of hydrogen-bond donors (Lipinski definition) is 0. The first-order valence-electron chi connectivity index (χ1n) is 7.59. The monoisotopic (exact) mass is 238 g/mol. The fourth-order valence-corrected chi connectivity index (χ4v) is 3.55. The second kappa shape index (κ2) is 5.27. The van der Waals surface area contributed by atoms with E-state index in [2.05, 4.69) is 37.5 Å². The van der Waals surface area contributed by atoms with Crippen molar-refractivity contribution in [3.8, 4) is 0 Å². The van der Waals surface area contributed by atoms with Crippen LogP contribution in [0.4, 0.5) is 0 Å². The van der Waals surface area contributed by atoms with Crippen molar-refractivity contribution >= 4 is 0 Å². The van der Waals surface area contributed by atoms with Gasteiger partial charge in [0.25, 0.3) is 0 Å². The van der Waals surface area contributed by atoms with Gasteiger partial charge in [0.05, 0.1) is 0 Å². The summed E-state index contributed by atoms with van der Waals surface area (Å²) < 4.78 is 0. The molecule has 2 nitrogen and oxygen atoms in total. The first-order valence-corrected chi connectivity index (χ1v) is 7.59. The third-order valence-corrected chi connectivity index (χ3v) is 5.16. The summed E-state index contributed by atoms with van der Waals surface area (Å²) in [6, 6.07) is 1.62. The van der Waals surface area contributed by atoms with Gasteiger partial charge in [0.15, 0.2) is 0 Å². The highest BCUT2D eigenvalue weighted by atomic mass is 15.3. The second-order valence-electron chi connectivity index (χ2n) is 6.52. The Morgan fingerprint density at radius 1 is 1.12 bits per heavy atom. The highest BCUT2D eigenvalue weighted by molar-refractivity contribution is 4.95. The molecule has 0 aromatic carbocycles. The molecule has 0 bridgehead atoms. The van der Waals surface area contributed by atoms with Crippen LogP contribution >= 0.6 is 0 Å². The fraction of sp³-hybridized carbons (Fsp3) is 1.00. The molecule has 0 aromatic heterocycles. The molecule has 2 unspecified atom stereocenters. The molecule has 100 valence electrons. The fourth-order valence-electron chi connectivity index (χ4n) is 3.55. The van der Waals surface area contributed by atoms with Crippen LogP contribution in [0, 0.1) is 0 Å². The zero-order valence-electron chi connectivity index (χ0n) is 12.2. The van der Waals surface area contributed by atoms with E-state index >= 15 is 0 Å². The van der Waals surface area contributed by atoms with E-state index in [4.69, 9.17) is 0 Å². The van der Waals surface area contributed by atoms with Crippen LogP contribution in [0.15, 0.2) is 0 Å². The lowest BCUT2D eigenvalue weighted by atomic mass is 9.89. The first kappa shape index (κ1) is 13.4. The van der Waals surface area contributed by atoms with Crippen LogP contribution in [0.2, 0.25) is 0 Å². The summed E-state index contributed by atoms with van der Waals surface area (Å²) in [6.45, 7) is 13.5. The molecular weight excluding hydrogens is 208 g/mol. The highest BCUT2D eigenvalue weighted by Crippen LogP contribution is 2.31. The zero-order valence-corrected chi connectivity index (χ0v) is 12.2. The lowest BCUT2D eigenvalue weighted by Crippen LogP contribution is -2.64. The van der Waals surface area contributed by atoms with Gasteiger partial charge >= 0.3 is 0 Å². The number of rotatable bonds is 3. The van der Waals surface area contributed by atoms with Crippen LogP contribution in [0.5, 0.6) is 0 Å². The minimum Gasteiger partial charge on any atom is -0.298 e. The lowest BCUT2D eigenvalue weighted by molar-refractivity contribution is -0.0440. The Morgan fingerprint density at radius 2 is 1.88 bits per heavy atom. The summed E-state index contributed by atoms with van der Waals surface area (Å²) in [5.74, 6) is 0. The van der Waals surface area contributed by atoms with Gasteiger partial charge in [-0.2, -0.15) is 0 Å². The highest BCUT2D eigenvalue weighted by Gasteiger charge is 2.39. The third-order valence-electron chi connectivity index (χ3n) is 5.16. The Morgan fingerprint density at radius 3 is 2.53 bits per heavy atom. The van der Waals surface area contributed by atoms with Crippen molar-refractivity contribution in [3.05, 3.63) is 0 Å². The van der Waals surface area contributed by atoms with Crippen molar-refractivity contribution in [1.82, 2.24) is 9.80 Å². The molecular formula is C15H30N2. The second-order valence-corrected chi connectivity index (χ2v) is 6.52. The van der Waals surface area contributed by atoms with Gasteiger partial charge in [0.2, 0.25) is 0 Å². The maximum atomic E-state index is 2.81. The van der Waals surface area contributed by atoms with E-state index in [1.807, 2.05) is 0 Å². The van der Waals surface area contributed by atoms with Crippen LogP contribution < -0.4 is 0 Å². The standard InChI is InChI=1S/C15H30N2/c1-5-13-11-16-10-8-7-9-14(16)12-17(13)15(3,4)6-2/h13-14H,5-12H2,1-4H3. The quantitative estimate of drug-likeness (QED) is 0.745. The Labute approximate surface area is 107 Å². The average Bonchev–Trinajstić information content (AvgIpc) is 2.37. The molecule has 2 saturated heterocycles. The summed E-state index contributed by atoms with van der Waals surface area (Å²) in [7, 11) is 0. The topological polar surface area (TPSA) is 6.48 Å². The summed E-state index contributed by atoms with van der Waals surface area (Å²) >= 11 is 0. The van der Waals surface area contributed by atoms with Crippen LogP contribution in [0.25, 0.3) is 0 Å². The SMILES string of the molecule is CCC1CN2CCCCC2CN1C(C)(C)CC. The van der Waals surface area contributed by atoms with Crippen molar-refractivity contribution in [3.63, 3.8) is 0 Å². The molecule has 0 amide bonds. The van der Waals surface area contributed by atoms with Gasteiger partial charge in [-0.1, -0.05) is 20.3 Å². The Balaban J connectivity index is 2.09. The van der Waals surface area contributed by atoms with Crippen molar-refractivity contribution in [1.29, 1.82) is 0 Å². The normalized spacial score (nSPS) is 32.5. The predicted octanol–water partition coefficient (Wildman–Crippen LogP) is 3.12. The van der Waals surface area contributed by atoms with Gasteiger partial charge in [-0.25, -0.2) is 0 Å². The molecule has 17 heavy (non-hydrogen) atoms. The van der Waals surface area contributed by atoms with Crippen molar-refractivity contribution in [2.24, 2.45) is 0 Å². The van der Waals surface area contributed by atoms with Gasteiger partial charge in [-0.3, -0.25) is 9.80 Å². The zero-order chi connectivity index (χ0) is 12.5. The molecule has 2 atom stereocenters. The van der Waals surface area contributed by atoms with Gasteiger partial charge in [0.1, 0.15) is 0 Å². The maximum absolute atomic E-state index is 2.81. The first-order chi connectivity index (χ1) is 8.08. The number of fused-ring (bicyclic) bond motifs is 1. The number of piperidine rings is 1. The summed E-state index contributed by atoms with van der Waals surface area (Å²) in [6.07, 6.45) is 6.85. The third kappa shape index (κ3) is 2.68. The van der Waals surface area contributed by atoms with Crippen molar-refractivity contribution < 1.29 is 0 Å². The molecule has 0 spiro atoms. The maximum Gasteiger partial charge on any atom is 0.0226 e. The van der Waals surface area contributed by atoms with Crippen LogP contribution in [-0.4, -0.2) is 47.1 Å². The molecule has 2 heterocycles. The van der Waals surface area contributed by atoms with E-state index in [1.165, 1.54) is 51.7 Å². The smallest absolute Gasteiger partial charge is 0.0226 e. The van der Waals surface area contributed by atoms with E-state index in [1.54, 1.807) is 0 Å². The number of hydrogen-bond acceptors (Lipinski definition) is 2. The summed E-state index contributed by atoms with van der Waals surface area (Å²) in [5, 5.41) is 0. The average molecular weight is 238 g/mol. The van der Waals surface area contributed by atoms with Gasteiger partial charge in [-0.15, -0.1) is 0 Å². The number of nitrogens with zero attached hydrogens (tertiary/aromatic N) is 2. The minimum atomic E-state index is 0.379. The van der Waals surface area contributed by atoms with Gasteiger partial charge in [-0.05, 0) is 46.1 Å². The van der Waals surface area contributed by atoms with Crippen molar-refractivity contribution in [2.45, 2.75) is 77.4 Å². The molecule has 0 saturated carbocycles. The van der Waals surface area contributed by atoms with Crippen molar-refractivity contribution in [2.75, 3.05) is 19.6 Å². The lowest BCUT2D eigenvalue weighted by Gasteiger charge is -2.53. The van der Waals surface area contributed by atoms with Crippen LogP contribution in [0.3, 0.4) is 0 Å². The summed E-state index contributed by atoms with van der Waals surface area (Å²) in [4.78, 5) is 5.57. The van der Waals surface area contributed by atoms with E-state index in [0.29, 0.717) is 5.54 Å². The Bertz CT molecular complexity index is 249. The molecule has 0 N–H and O–H groups in total. The largest absolute Gasteiger partial charge is 0.298 e. The van der Waals surface area contributed by atoms with E-state index in [-0.39, 0.29) is 0 Å². The Hall–Kier alpha value is -0.0800. The van der Waals surface area contributed by atoms with Gasteiger partial charge < -0.3 is 0 Å².